The van der Waals surface area contributed by atoms with Crippen LogP contribution in [0.3, 0.4) is 0 Å². The first-order valence-corrected chi connectivity index (χ1v) is 7.64. The molecular formula is C16H34O. The van der Waals surface area contributed by atoms with Gasteiger partial charge in [0.15, 0.2) is 0 Å². The van der Waals surface area contributed by atoms with Crippen LogP contribution in [0.5, 0.6) is 0 Å². The van der Waals surface area contributed by atoms with Crippen LogP contribution in [-0.4, -0.2) is 13.2 Å². The van der Waals surface area contributed by atoms with E-state index in [4.69, 9.17) is 4.74 Å². The summed E-state index contributed by atoms with van der Waals surface area (Å²) < 4.78 is 5.47. The topological polar surface area (TPSA) is 9.23 Å². The number of hydrogen-bond donors (Lipinski definition) is 0. The molecule has 0 aliphatic rings. The van der Waals surface area contributed by atoms with E-state index in [1.165, 1.54) is 51.4 Å². The number of ether oxygens (including phenoxy) is 1. The predicted molar refractivity (Wildman–Crippen MR) is 77.5 cm³/mol. The van der Waals surface area contributed by atoms with Crippen LogP contribution in [0.4, 0.5) is 0 Å². The third-order valence-electron chi connectivity index (χ3n) is 3.06. The van der Waals surface area contributed by atoms with Gasteiger partial charge in [0.1, 0.15) is 0 Å². The Balaban J connectivity index is 2.99. The second-order valence-electron chi connectivity index (χ2n) is 6.40. The van der Waals surface area contributed by atoms with E-state index in [1.54, 1.807) is 0 Å². The van der Waals surface area contributed by atoms with Crippen molar-refractivity contribution in [3.05, 3.63) is 0 Å². The molecule has 0 atom stereocenters. The summed E-state index contributed by atoms with van der Waals surface area (Å²) in [6.07, 6.45) is 12.2. The van der Waals surface area contributed by atoms with Gasteiger partial charge < -0.3 is 4.74 Å². The Hall–Kier alpha value is -0.0400. The molecular weight excluding hydrogens is 208 g/mol. The van der Waals surface area contributed by atoms with Crippen molar-refractivity contribution in [1.82, 2.24) is 0 Å². The molecule has 104 valence electrons. The highest BCUT2D eigenvalue weighted by molar-refractivity contribution is 4.60. The molecule has 0 aliphatic heterocycles. The van der Waals surface area contributed by atoms with Crippen LogP contribution in [0.1, 0.15) is 85.5 Å². The van der Waals surface area contributed by atoms with Gasteiger partial charge in [-0.2, -0.15) is 0 Å². The van der Waals surface area contributed by atoms with Crippen LogP contribution >= 0.6 is 0 Å². The molecule has 0 N–H and O–H groups in total. The highest BCUT2D eigenvalue weighted by Crippen LogP contribution is 2.22. The van der Waals surface area contributed by atoms with Gasteiger partial charge in [0.2, 0.25) is 0 Å². The van der Waals surface area contributed by atoms with Crippen molar-refractivity contribution in [1.29, 1.82) is 0 Å². The molecule has 0 aromatic heterocycles. The lowest BCUT2D eigenvalue weighted by molar-refractivity contribution is 0.130. The minimum absolute atomic E-state index is 0.524. The zero-order valence-electron chi connectivity index (χ0n) is 12.7. The summed E-state index contributed by atoms with van der Waals surface area (Å²) in [5.41, 5.74) is 0.524. The lowest BCUT2D eigenvalue weighted by Crippen LogP contribution is -2.03. The second kappa shape index (κ2) is 11.1. The zero-order valence-corrected chi connectivity index (χ0v) is 12.7. The summed E-state index contributed by atoms with van der Waals surface area (Å²) in [5, 5.41) is 0. The van der Waals surface area contributed by atoms with Crippen molar-refractivity contribution < 1.29 is 4.74 Å². The smallest absolute Gasteiger partial charge is 0.0466 e. The second-order valence-corrected chi connectivity index (χ2v) is 6.40. The Morgan fingerprint density at radius 2 is 1.24 bits per heavy atom. The molecule has 0 saturated heterocycles. The molecule has 17 heavy (non-hydrogen) atoms. The number of rotatable bonds is 11. The van der Waals surface area contributed by atoms with Crippen molar-refractivity contribution in [3.63, 3.8) is 0 Å². The average molecular weight is 242 g/mol. The average Bonchev–Trinajstić information content (AvgIpc) is 2.24. The quantitative estimate of drug-likeness (QED) is 0.430. The van der Waals surface area contributed by atoms with Crippen LogP contribution in [0.25, 0.3) is 0 Å². The maximum absolute atomic E-state index is 5.47. The van der Waals surface area contributed by atoms with E-state index < -0.39 is 0 Å². The van der Waals surface area contributed by atoms with E-state index in [-0.39, 0.29) is 0 Å². The Morgan fingerprint density at radius 3 is 1.76 bits per heavy atom. The summed E-state index contributed by atoms with van der Waals surface area (Å²) in [6.45, 7) is 11.1. The molecule has 0 spiro atoms. The SMILES string of the molecule is CCCOCCCCCCCCCC(C)(C)C. The molecule has 0 rings (SSSR count). The van der Waals surface area contributed by atoms with E-state index in [2.05, 4.69) is 27.7 Å². The molecule has 0 radical (unpaired) electrons. The van der Waals surface area contributed by atoms with Gasteiger partial charge in [0, 0.05) is 13.2 Å². The molecule has 0 aliphatic carbocycles. The highest BCUT2D eigenvalue weighted by atomic mass is 16.5. The standard InChI is InChI=1S/C16H34O/c1-5-14-17-15-12-10-8-6-7-9-11-13-16(2,3)4/h5-15H2,1-4H3. The predicted octanol–water partition coefficient (Wildman–Crippen LogP) is 5.58. The van der Waals surface area contributed by atoms with Gasteiger partial charge in [-0.25, -0.2) is 0 Å². The summed E-state index contributed by atoms with van der Waals surface area (Å²) in [5.74, 6) is 0. The van der Waals surface area contributed by atoms with E-state index in [9.17, 15) is 0 Å². The maximum Gasteiger partial charge on any atom is 0.0466 e. The van der Waals surface area contributed by atoms with Crippen LogP contribution < -0.4 is 0 Å². The minimum Gasteiger partial charge on any atom is -0.381 e. The first-order chi connectivity index (χ1) is 8.06. The van der Waals surface area contributed by atoms with Gasteiger partial charge in [0.05, 0.1) is 0 Å². The summed E-state index contributed by atoms with van der Waals surface area (Å²) in [6, 6.07) is 0. The zero-order chi connectivity index (χ0) is 13.0. The molecule has 0 saturated carbocycles. The van der Waals surface area contributed by atoms with Crippen molar-refractivity contribution in [2.24, 2.45) is 5.41 Å². The van der Waals surface area contributed by atoms with Gasteiger partial charge in [0.25, 0.3) is 0 Å². The fourth-order valence-corrected chi connectivity index (χ4v) is 1.99. The number of unbranched alkanes of at least 4 members (excludes halogenated alkanes) is 6. The Morgan fingerprint density at radius 1 is 0.706 bits per heavy atom. The lowest BCUT2D eigenvalue weighted by atomic mass is 9.89. The molecule has 1 nitrogen and oxygen atoms in total. The van der Waals surface area contributed by atoms with Crippen LogP contribution in [-0.2, 0) is 4.74 Å². The Labute approximate surface area is 109 Å². The van der Waals surface area contributed by atoms with E-state index in [0.717, 1.165) is 19.6 Å². The van der Waals surface area contributed by atoms with Gasteiger partial charge in [-0.1, -0.05) is 66.2 Å². The lowest BCUT2D eigenvalue weighted by Gasteiger charge is -2.17. The van der Waals surface area contributed by atoms with Gasteiger partial charge >= 0.3 is 0 Å². The van der Waals surface area contributed by atoms with Gasteiger partial charge in [-0.3, -0.25) is 0 Å². The normalized spacial score (nSPS) is 12.0. The maximum atomic E-state index is 5.47. The largest absolute Gasteiger partial charge is 0.381 e. The van der Waals surface area contributed by atoms with Crippen molar-refractivity contribution in [2.75, 3.05) is 13.2 Å². The fourth-order valence-electron chi connectivity index (χ4n) is 1.99. The third kappa shape index (κ3) is 16.0. The molecule has 0 unspecified atom stereocenters. The van der Waals surface area contributed by atoms with Crippen molar-refractivity contribution in [2.45, 2.75) is 85.5 Å². The van der Waals surface area contributed by atoms with E-state index >= 15 is 0 Å². The monoisotopic (exact) mass is 242 g/mol. The Kier molecular flexibility index (Phi) is 11.0. The molecule has 0 bridgehead atoms. The Bertz CT molecular complexity index is 146. The first kappa shape index (κ1) is 17.0. The third-order valence-corrected chi connectivity index (χ3v) is 3.06. The van der Waals surface area contributed by atoms with Crippen LogP contribution in [0.15, 0.2) is 0 Å². The summed E-state index contributed by atoms with van der Waals surface area (Å²) >= 11 is 0. The van der Waals surface area contributed by atoms with E-state index in [0.29, 0.717) is 5.41 Å². The fraction of sp³-hybridized carbons (Fsp3) is 1.00. The van der Waals surface area contributed by atoms with Crippen LogP contribution in [0, 0.1) is 5.41 Å². The molecule has 0 aromatic carbocycles. The molecule has 0 aromatic rings. The van der Waals surface area contributed by atoms with Crippen molar-refractivity contribution >= 4 is 0 Å². The first-order valence-electron chi connectivity index (χ1n) is 7.64. The molecule has 0 heterocycles. The number of hydrogen-bond acceptors (Lipinski definition) is 1. The minimum atomic E-state index is 0.524. The van der Waals surface area contributed by atoms with Gasteiger partial charge in [-0.05, 0) is 24.7 Å². The van der Waals surface area contributed by atoms with Crippen molar-refractivity contribution in [3.8, 4) is 0 Å². The van der Waals surface area contributed by atoms with E-state index in [1.807, 2.05) is 0 Å². The molecule has 0 fully saturated rings. The highest BCUT2D eigenvalue weighted by Gasteiger charge is 2.08. The summed E-state index contributed by atoms with van der Waals surface area (Å²) in [4.78, 5) is 0. The summed E-state index contributed by atoms with van der Waals surface area (Å²) in [7, 11) is 0. The molecule has 0 amide bonds. The van der Waals surface area contributed by atoms with Crippen LogP contribution in [0.2, 0.25) is 0 Å². The molecule has 1 heteroatoms. The van der Waals surface area contributed by atoms with Gasteiger partial charge in [-0.15, -0.1) is 0 Å².